The monoisotopic (exact) mass is 250 g/mol. The molecule has 0 radical (unpaired) electrons. The molecule has 1 aromatic heterocycles. The third kappa shape index (κ3) is 2.03. The van der Waals surface area contributed by atoms with E-state index < -0.39 is 0 Å². The first-order valence-electron chi connectivity index (χ1n) is 6.20. The lowest BCUT2D eigenvalue weighted by Gasteiger charge is -2.05. The van der Waals surface area contributed by atoms with Gasteiger partial charge in [0.05, 0.1) is 11.0 Å². The number of hydrogen-bond donors (Lipinski definition) is 0. The van der Waals surface area contributed by atoms with Crippen LogP contribution in [0.1, 0.15) is 22.8 Å². The molecule has 1 heterocycles. The fourth-order valence-electron chi connectivity index (χ4n) is 2.22. The highest BCUT2D eigenvalue weighted by atomic mass is 16.1. The summed E-state index contributed by atoms with van der Waals surface area (Å²) in [7, 11) is 0. The molecule has 0 aliphatic heterocycles. The van der Waals surface area contributed by atoms with Gasteiger partial charge in [-0.3, -0.25) is 9.36 Å². The number of Topliss-reactive ketones (excluding diaryl/α,β-unsaturated/α-hetero) is 1. The van der Waals surface area contributed by atoms with Gasteiger partial charge in [0.25, 0.3) is 0 Å². The number of hydrogen-bond acceptors (Lipinski definition) is 2. The van der Waals surface area contributed by atoms with Crippen LogP contribution in [-0.2, 0) is 0 Å². The van der Waals surface area contributed by atoms with Gasteiger partial charge in [-0.25, -0.2) is 4.98 Å². The number of ketones is 1. The van der Waals surface area contributed by atoms with Crippen LogP contribution < -0.4 is 0 Å². The van der Waals surface area contributed by atoms with E-state index >= 15 is 0 Å². The van der Waals surface area contributed by atoms with Gasteiger partial charge in [0.1, 0.15) is 6.33 Å². The van der Waals surface area contributed by atoms with Crippen molar-refractivity contribution < 1.29 is 4.79 Å². The quantitative estimate of drug-likeness (QED) is 0.652. The van der Waals surface area contributed by atoms with Crippen molar-refractivity contribution >= 4 is 16.8 Å². The minimum absolute atomic E-state index is 0.0620. The Morgan fingerprint density at radius 2 is 2.00 bits per heavy atom. The molecule has 19 heavy (non-hydrogen) atoms. The van der Waals surface area contributed by atoms with E-state index in [1.807, 2.05) is 34.9 Å². The molecule has 0 saturated carbocycles. The van der Waals surface area contributed by atoms with Crippen molar-refractivity contribution in [3.05, 3.63) is 59.9 Å². The number of rotatable bonds is 2. The molecule has 3 rings (SSSR count). The van der Waals surface area contributed by atoms with E-state index in [0.717, 1.165) is 16.7 Å². The second-order valence-electron chi connectivity index (χ2n) is 4.71. The summed E-state index contributed by atoms with van der Waals surface area (Å²) in [6.45, 7) is 3.63. The molecule has 94 valence electrons. The highest BCUT2D eigenvalue weighted by Crippen LogP contribution is 2.20. The smallest absolute Gasteiger partial charge is 0.159 e. The molecule has 3 nitrogen and oxygen atoms in total. The first-order valence-corrected chi connectivity index (χ1v) is 6.20. The minimum Gasteiger partial charge on any atom is -0.299 e. The summed E-state index contributed by atoms with van der Waals surface area (Å²) in [5.41, 5.74) is 4.84. The molecule has 3 heteroatoms. The van der Waals surface area contributed by atoms with Crippen LogP contribution in [0.5, 0.6) is 0 Å². The lowest BCUT2D eigenvalue weighted by molar-refractivity contribution is 0.101. The number of aryl methyl sites for hydroxylation is 1. The molecule has 0 bridgehead atoms. The van der Waals surface area contributed by atoms with Crippen LogP contribution in [0.2, 0.25) is 0 Å². The van der Waals surface area contributed by atoms with E-state index in [2.05, 4.69) is 24.0 Å². The molecule has 0 saturated heterocycles. The molecule has 3 aromatic rings. The molecular formula is C16H14N2O. The van der Waals surface area contributed by atoms with E-state index in [4.69, 9.17) is 0 Å². The van der Waals surface area contributed by atoms with E-state index in [1.54, 1.807) is 13.3 Å². The van der Waals surface area contributed by atoms with Gasteiger partial charge in [0.2, 0.25) is 0 Å². The molecular weight excluding hydrogens is 236 g/mol. The molecule has 0 unspecified atom stereocenters. The molecule has 2 aromatic carbocycles. The second-order valence-corrected chi connectivity index (χ2v) is 4.71. The number of aromatic nitrogens is 2. The van der Waals surface area contributed by atoms with Crippen LogP contribution in [0, 0.1) is 6.92 Å². The highest BCUT2D eigenvalue weighted by Gasteiger charge is 2.07. The highest BCUT2D eigenvalue weighted by molar-refractivity contribution is 5.97. The predicted octanol–water partition coefficient (Wildman–Crippen LogP) is 3.54. The average Bonchev–Trinajstić information content (AvgIpc) is 2.81. The molecule has 0 aliphatic rings. The van der Waals surface area contributed by atoms with Gasteiger partial charge in [0, 0.05) is 11.3 Å². The fourth-order valence-corrected chi connectivity index (χ4v) is 2.22. The summed E-state index contributed by atoms with van der Waals surface area (Å²) in [6, 6.07) is 13.9. The first kappa shape index (κ1) is 11.7. The van der Waals surface area contributed by atoms with Crippen LogP contribution in [0.3, 0.4) is 0 Å². The van der Waals surface area contributed by atoms with Crippen LogP contribution >= 0.6 is 0 Å². The van der Waals surface area contributed by atoms with Crippen molar-refractivity contribution in [3.8, 4) is 5.69 Å². The van der Waals surface area contributed by atoms with Crippen molar-refractivity contribution in [1.29, 1.82) is 0 Å². The van der Waals surface area contributed by atoms with Crippen molar-refractivity contribution in [1.82, 2.24) is 9.55 Å². The Morgan fingerprint density at radius 3 is 2.74 bits per heavy atom. The maximum Gasteiger partial charge on any atom is 0.159 e. The number of benzene rings is 2. The summed E-state index contributed by atoms with van der Waals surface area (Å²) < 4.78 is 2.03. The van der Waals surface area contributed by atoms with Crippen molar-refractivity contribution in [3.63, 3.8) is 0 Å². The predicted molar refractivity (Wildman–Crippen MR) is 75.8 cm³/mol. The molecule has 0 N–H and O–H groups in total. The van der Waals surface area contributed by atoms with Crippen LogP contribution in [0.15, 0.2) is 48.8 Å². The number of nitrogens with zero attached hydrogens (tertiary/aromatic N) is 2. The largest absolute Gasteiger partial charge is 0.299 e. The van der Waals surface area contributed by atoms with Gasteiger partial charge in [-0.05, 0) is 49.7 Å². The third-order valence-corrected chi connectivity index (χ3v) is 3.23. The number of fused-ring (bicyclic) bond motifs is 1. The zero-order valence-corrected chi connectivity index (χ0v) is 10.9. The van der Waals surface area contributed by atoms with Crippen LogP contribution in [0.25, 0.3) is 16.7 Å². The SMILES string of the molecule is CC(=O)c1ccc2c(c1)ncn2-c1cccc(C)c1. The van der Waals surface area contributed by atoms with Crippen LogP contribution in [0.4, 0.5) is 0 Å². The van der Waals surface area contributed by atoms with E-state index in [1.165, 1.54) is 5.56 Å². The van der Waals surface area contributed by atoms with E-state index in [-0.39, 0.29) is 5.78 Å². The maximum absolute atomic E-state index is 11.4. The number of carbonyl (C=O) groups is 1. The molecule has 0 fully saturated rings. The fraction of sp³-hybridized carbons (Fsp3) is 0.125. The van der Waals surface area contributed by atoms with Gasteiger partial charge < -0.3 is 0 Å². The Labute approximate surface area is 111 Å². The number of imidazole rings is 1. The zero-order valence-electron chi connectivity index (χ0n) is 10.9. The Balaban J connectivity index is 2.18. The molecule has 0 atom stereocenters. The maximum atomic E-state index is 11.4. The normalized spacial score (nSPS) is 10.8. The zero-order chi connectivity index (χ0) is 13.4. The molecule has 0 spiro atoms. The summed E-state index contributed by atoms with van der Waals surface area (Å²) in [6.07, 6.45) is 1.79. The minimum atomic E-state index is 0.0620. The second kappa shape index (κ2) is 4.35. The van der Waals surface area contributed by atoms with Gasteiger partial charge in [-0.2, -0.15) is 0 Å². The lowest BCUT2D eigenvalue weighted by Crippen LogP contribution is -1.94. The van der Waals surface area contributed by atoms with Crippen LogP contribution in [-0.4, -0.2) is 15.3 Å². The summed E-state index contributed by atoms with van der Waals surface area (Å²) in [4.78, 5) is 15.8. The van der Waals surface area contributed by atoms with E-state index in [0.29, 0.717) is 5.56 Å². The van der Waals surface area contributed by atoms with Gasteiger partial charge in [-0.15, -0.1) is 0 Å². The van der Waals surface area contributed by atoms with Crippen molar-refractivity contribution in [2.45, 2.75) is 13.8 Å². The Bertz CT molecular complexity index is 771. The topological polar surface area (TPSA) is 34.9 Å². The molecule has 0 amide bonds. The summed E-state index contributed by atoms with van der Waals surface area (Å²) in [5, 5.41) is 0. The molecule has 0 aliphatic carbocycles. The third-order valence-electron chi connectivity index (χ3n) is 3.23. The Morgan fingerprint density at radius 1 is 1.16 bits per heavy atom. The Kier molecular flexibility index (Phi) is 2.67. The Hall–Kier alpha value is -2.42. The van der Waals surface area contributed by atoms with E-state index in [9.17, 15) is 4.79 Å². The average molecular weight is 250 g/mol. The van der Waals surface area contributed by atoms with Crippen molar-refractivity contribution in [2.24, 2.45) is 0 Å². The summed E-state index contributed by atoms with van der Waals surface area (Å²) >= 11 is 0. The van der Waals surface area contributed by atoms with Gasteiger partial charge in [-0.1, -0.05) is 12.1 Å². The van der Waals surface area contributed by atoms with Gasteiger partial charge in [0.15, 0.2) is 5.78 Å². The van der Waals surface area contributed by atoms with Crippen molar-refractivity contribution in [2.75, 3.05) is 0 Å². The first-order chi connectivity index (χ1) is 9.15. The lowest BCUT2D eigenvalue weighted by atomic mass is 10.1. The number of carbonyl (C=O) groups excluding carboxylic acids is 1. The standard InChI is InChI=1S/C16H14N2O/c1-11-4-3-5-14(8-11)18-10-17-15-9-13(12(2)19)6-7-16(15)18/h3-10H,1-2H3. The van der Waals surface area contributed by atoms with Gasteiger partial charge >= 0.3 is 0 Å². The summed E-state index contributed by atoms with van der Waals surface area (Å²) in [5.74, 6) is 0.0620.